The van der Waals surface area contributed by atoms with E-state index in [0.29, 0.717) is 0 Å². The summed E-state index contributed by atoms with van der Waals surface area (Å²) in [6.07, 6.45) is 0. The minimum absolute atomic E-state index is 0.0518. The smallest absolute Gasteiger partial charge is 0.234 e. The fraction of sp³-hybridized carbons (Fsp3) is 0.125. The van der Waals surface area contributed by atoms with Crippen molar-refractivity contribution in [1.29, 1.82) is 0 Å². The summed E-state index contributed by atoms with van der Waals surface area (Å²) in [5.74, 6) is 0.237. The minimum atomic E-state index is -0.0518. The largest absolute Gasteiger partial charge is 0.325 e. The van der Waals surface area contributed by atoms with Crippen LogP contribution >= 0.6 is 11.8 Å². The van der Waals surface area contributed by atoms with Gasteiger partial charge in [0.2, 0.25) is 5.91 Å². The molecule has 0 atom stereocenters. The average Bonchev–Trinajstić information content (AvgIpc) is 2.75. The highest BCUT2D eigenvalue weighted by Gasteiger charge is 2.08. The molecule has 0 unspecified atom stereocenters. The van der Waals surface area contributed by atoms with Gasteiger partial charge >= 0.3 is 0 Å². The van der Waals surface area contributed by atoms with Crippen LogP contribution < -0.4 is 5.32 Å². The first-order chi connectivity index (χ1) is 14.1. The number of carbonyl (C=O) groups is 1. The Labute approximate surface area is 174 Å². The van der Waals surface area contributed by atoms with Crippen molar-refractivity contribution in [3.8, 4) is 11.3 Å². The van der Waals surface area contributed by atoms with E-state index in [9.17, 15) is 4.79 Å². The van der Waals surface area contributed by atoms with Gasteiger partial charge in [0.25, 0.3) is 0 Å². The van der Waals surface area contributed by atoms with E-state index in [0.717, 1.165) is 33.1 Å². The Kier molecular flexibility index (Phi) is 5.58. The number of nitrogens with zero attached hydrogens (tertiary/aromatic N) is 2. The summed E-state index contributed by atoms with van der Waals surface area (Å²) in [7, 11) is 0. The second-order valence-corrected chi connectivity index (χ2v) is 7.90. The van der Waals surface area contributed by atoms with Gasteiger partial charge in [-0.15, -0.1) is 10.2 Å². The van der Waals surface area contributed by atoms with E-state index in [1.165, 1.54) is 22.5 Å². The van der Waals surface area contributed by atoms with Crippen LogP contribution in [-0.2, 0) is 4.79 Å². The lowest BCUT2D eigenvalue weighted by Crippen LogP contribution is -2.15. The quantitative estimate of drug-likeness (QED) is 0.441. The number of aryl methyl sites for hydroxylation is 1. The van der Waals surface area contributed by atoms with E-state index >= 15 is 0 Å². The second kappa shape index (κ2) is 8.45. The Morgan fingerprint density at radius 3 is 2.52 bits per heavy atom. The van der Waals surface area contributed by atoms with Gasteiger partial charge in [-0.3, -0.25) is 4.79 Å². The normalized spacial score (nSPS) is 10.8. The molecule has 29 heavy (non-hydrogen) atoms. The standard InChI is InChI=1S/C24H21N3OS/c1-16-6-5-9-21(17(16)2)25-23(28)15-29-24-13-12-22(26-27-24)20-11-10-18-7-3-4-8-19(18)14-20/h3-14H,15H2,1-2H3,(H,25,28). The van der Waals surface area contributed by atoms with Gasteiger partial charge in [0.15, 0.2) is 0 Å². The van der Waals surface area contributed by atoms with Crippen LogP contribution in [0.3, 0.4) is 0 Å². The molecule has 4 nitrogen and oxygen atoms in total. The fourth-order valence-corrected chi connectivity index (χ4v) is 3.73. The maximum Gasteiger partial charge on any atom is 0.234 e. The molecule has 0 saturated carbocycles. The zero-order valence-electron chi connectivity index (χ0n) is 16.3. The zero-order valence-corrected chi connectivity index (χ0v) is 17.2. The molecule has 5 heteroatoms. The monoisotopic (exact) mass is 399 g/mol. The first-order valence-corrected chi connectivity index (χ1v) is 10.4. The molecule has 0 bridgehead atoms. The number of nitrogens with one attached hydrogen (secondary N) is 1. The molecule has 1 amide bonds. The number of amides is 1. The molecule has 1 heterocycles. The number of benzene rings is 3. The highest BCUT2D eigenvalue weighted by Crippen LogP contribution is 2.24. The lowest BCUT2D eigenvalue weighted by Gasteiger charge is -2.10. The molecule has 0 aliphatic carbocycles. The number of aromatic nitrogens is 2. The van der Waals surface area contributed by atoms with Crippen LogP contribution in [0.5, 0.6) is 0 Å². The number of rotatable bonds is 5. The van der Waals surface area contributed by atoms with Gasteiger partial charge in [0.05, 0.1) is 11.4 Å². The summed E-state index contributed by atoms with van der Waals surface area (Å²) in [4.78, 5) is 12.3. The SMILES string of the molecule is Cc1cccc(NC(=O)CSc2ccc(-c3ccc4ccccc4c3)nn2)c1C. The number of carbonyl (C=O) groups excluding carboxylic acids is 1. The van der Waals surface area contributed by atoms with Gasteiger partial charge in [-0.1, -0.05) is 60.3 Å². The fourth-order valence-electron chi connectivity index (χ4n) is 3.11. The van der Waals surface area contributed by atoms with Crippen LogP contribution in [0.2, 0.25) is 0 Å². The van der Waals surface area contributed by atoms with Crippen molar-refractivity contribution < 1.29 is 4.79 Å². The van der Waals surface area contributed by atoms with Crippen molar-refractivity contribution in [2.75, 3.05) is 11.1 Å². The molecule has 4 rings (SSSR count). The minimum Gasteiger partial charge on any atom is -0.325 e. The van der Waals surface area contributed by atoms with Crippen molar-refractivity contribution in [3.63, 3.8) is 0 Å². The summed E-state index contributed by atoms with van der Waals surface area (Å²) in [5, 5.41) is 14.7. The Hall–Kier alpha value is -3.18. The predicted molar refractivity (Wildman–Crippen MR) is 120 cm³/mol. The summed E-state index contributed by atoms with van der Waals surface area (Å²) < 4.78 is 0. The van der Waals surface area contributed by atoms with E-state index in [2.05, 4.69) is 45.8 Å². The van der Waals surface area contributed by atoms with Crippen molar-refractivity contribution in [1.82, 2.24) is 10.2 Å². The third-order valence-corrected chi connectivity index (χ3v) is 5.84. The molecule has 0 saturated heterocycles. The van der Waals surface area contributed by atoms with Gasteiger partial charge in [-0.2, -0.15) is 0 Å². The van der Waals surface area contributed by atoms with Gasteiger partial charge in [-0.05, 0) is 60.0 Å². The molecular weight excluding hydrogens is 378 g/mol. The van der Waals surface area contributed by atoms with Crippen molar-refractivity contribution in [3.05, 3.63) is 83.9 Å². The molecule has 4 aromatic rings. The third kappa shape index (κ3) is 4.46. The highest BCUT2D eigenvalue weighted by molar-refractivity contribution is 7.99. The number of thioether (sulfide) groups is 1. The zero-order chi connectivity index (χ0) is 20.2. The second-order valence-electron chi connectivity index (χ2n) is 6.90. The third-order valence-electron chi connectivity index (χ3n) is 4.92. The molecule has 0 aliphatic heterocycles. The van der Waals surface area contributed by atoms with Crippen LogP contribution in [0, 0.1) is 13.8 Å². The summed E-state index contributed by atoms with van der Waals surface area (Å²) >= 11 is 1.38. The number of hydrogen-bond acceptors (Lipinski definition) is 4. The molecule has 1 aromatic heterocycles. The Bertz CT molecular complexity index is 1170. The molecule has 0 spiro atoms. The maximum absolute atomic E-state index is 12.3. The van der Waals surface area contributed by atoms with Crippen LogP contribution in [0.15, 0.2) is 77.8 Å². The van der Waals surface area contributed by atoms with Gasteiger partial charge in [0.1, 0.15) is 5.03 Å². The van der Waals surface area contributed by atoms with E-state index < -0.39 is 0 Å². The van der Waals surface area contributed by atoms with Gasteiger partial charge in [0, 0.05) is 11.3 Å². The van der Waals surface area contributed by atoms with E-state index in [1.807, 2.05) is 56.3 Å². The maximum atomic E-state index is 12.3. The first-order valence-electron chi connectivity index (χ1n) is 9.42. The summed E-state index contributed by atoms with van der Waals surface area (Å²) in [6.45, 7) is 4.04. The molecule has 144 valence electrons. The van der Waals surface area contributed by atoms with Gasteiger partial charge in [-0.25, -0.2) is 0 Å². The Morgan fingerprint density at radius 1 is 0.897 bits per heavy atom. The molecule has 3 aromatic carbocycles. The molecule has 1 N–H and O–H groups in total. The summed E-state index contributed by atoms with van der Waals surface area (Å²) in [5.41, 5.74) is 4.95. The lowest BCUT2D eigenvalue weighted by molar-refractivity contribution is -0.113. The predicted octanol–water partition coefficient (Wildman–Crippen LogP) is 5.64. The van der Waals surface area contributed by atoms with Crippen molar-refractivity contribution in [2.24, 2.45) is 0 Å². The van der Waals surface area contributed by atoms with Crippen LogP contribution in [0.1, 0.15) is 11.1 Å². The van der Waals surface area contributed by atoms with E-state index in [1.54, 1.807) is 0 Å². The van der Waals surface area contributed by atoms with Crippen LogP contribution in [0.25, 0.3) is 22.0 Å². The van der Waals surface area contributed by atoms with Crippen LogP contribution in [-0.4, -0.2) is 21.9 Å². The average molecular weight is 400 g/mol. The molecule has 0 radical (unpaired) electrons. The Balaban J connectivity index is 1.40. The van der Waals surface area contributed by atoms with Gasteiger partial charge < -0.3 is 5.32 Å². The number of anilines is 1. The van der Waals surface area contributed by atoms with E-state index in [-0.39, 0.29) is 11.7 Å². The highest BCUT2D eigenvalue weighted by atomic mass is 32.2. The van der Waals surface area contributed by atoms with E-state index in [4.69, 9.17) is 0 Å². The van der Waals surface area contributed by atoms with Crippen molar-refractivity contribution in [2.45, 2.75) is 18.9 Å². The van der Waals surface area contributed by atoms with Crippen molar-refractivity contribution >= 4 is 34.1 Å². The topological polar surface area (TPSA) is 54.9 Å². The van der Waals surface area contributed by atoms with Crippen LogP contribution in [0.4, 0.5) is 5.69 Å². The Morgan fingerprint density at radius 2 is 1.72 bits per heavy atom. The molecule has 0 fully saturated rings. The number of hydrogen-bond donors (Lipinski definition) is 1. The number of fused-ring (bicyclic) bond motifs is 1. The summed E-state index contributed by atoms with van der Waals surface area (Å²) in [6, 6.07) is 24.3. The molecule has 0 aliphatic rings. The molecular formula is C24H21N3OS. The first kappa shape index (κ1) is 19.2. The lowest BCUT2D eigenvalue weighted by atomic mass is 10.1.